The van der Waals surface area contributed by atoms with Crippen molar-refractivity contribution in [3.05, 3.63) is 47.8 Å². The fraction of sp³-hybridized carbons (Fsp3) is 0.214. The number of carboxylic acid groups (broad SMARTS) is 1. The lowest BCUT2D eigenvalue weighted by molar-refractivity contribution is -0.137. The van der Waals surface area contributed by atoms with Crippen LogP contribution < -0.4 is 5.73 Å². The third-order valence-electron chi connectivity index (χ3n) is 2.88. The average Bonchev–Trinajstić information content (AvgIpc) is 2.39. The lowest BCUT2D eigenvalue weighted by Gasteiger charge is -2.09. The molecule has 1 aromatic heterocycles. The molecular weight excluding hydrogens is 242 g/mol. The second kappa shape index (κ2) is 5.58. The first-order chi connectivity index (χ1) is 9.08. The SMILES string of the molecule is Cc1ccccc1-c1ncc([C@@H](N)CC(=O)O)cn1. The number of aliphatic carboxylic acids is 1. The van der Waals surface area contributed by atoms with Crippen LogP contribution in [0.3, 0.4) is 0 Å². The van der Waals surface area contributed by atoms with Crippen LogP contribution in [0.2, 0.25) is 0 Å². The Morgan fingerprint density at radius 3 is 2.53 bits per heavy atom. The Bertz CT molecular complexity index is 581. The largest absolute Gasteiger partial charge is 0.481 e. The van der Waals surface area contributed by atoms with Crippen molar-refractivity contribution in [1.29, 1.82) is 0 Å². The van der Waals surface area contributed by atoms with E-state index in [0.29, 0.717) is 11.4 Å². The van der Waals surface area contributed by atoms with E-state index < -0.39 is 12.0 Å². The number of aromatic nitrogens is 2. The summed E-state index contributed by atoms with van der Waals surface area (Å²) in [5, 5.41) is 8.69. The van der Waals surface area contributed by atoms with E-state index in [4.69, 9.17) is 10.8 Å². The van der Waals surface area contributed by atoms with Gasteiger partial charge in [-0.25, -0.2) is 9.97 Å². The van der Waals surface area contributed by atoms with E-state index in [2.05, 4.69) is 9.97 Å². The zero-order valence-electron chi connectivity index (χ0n) is 10.6. The summed E-state index contributed by atoms with van der Waals surface area (Å²) in [6.45, 7) is 1.99. The van der Waals surface area contributed by atoms with Gasteiger partial charge in [0.2, 0.25) is 0 Å². The van der Waals surface area contributed by atoms with Crippen molar-refractivity contribution >= 4 is 5.97 Å². The van der Waals surface area contributed by atoms with Crippen molar-refractivity contribution in [1.82, 2.24) is 9.97 Å². The van der Waals surface area contributed by atoms with Gasteiger partial charge in [0.25, 0.3) is 0 Å². The molecule has 0 radical (unpaired) electrons. The Morgan fingerprint density at radius 1 is 1.32 bits per heavy atom. The summed E-state index contributed by atoms with van der Waals surface area (Å²) in [6.07, 6.45) is 3.04. The summed E-state index contributed by atoms with van der Waals surface area (Å²) in [7, 11) is 0. The Hall–Kier alpha value is -2.27. The molecule has 0 fully saturated rings. The molecule has 3 N–H and O–H groups in total. The highest BCUT2D eigenvalue weighted by Gasteiger charge is 2.12. The average molecular weight is 257 g/mol. The summed E-state index contributed by atoms with van der Waals surface area (Å²) in [5.74, 6) is -0.320. The third kappa shape index (κ3) is 3.14. The van der Waals surface area contributed by atoms with E-state index in [-0.39, 0.29) is 6.42 Å². The van der Waals surface area contributed by atoms with Crippen molar-refractivity contribution in [2.24, 2.45) is 5.73 Å². The number of aryl methyl sites for hydroxylation is 1. The maximum Gasteiger partial charge on any atom is 0.305 e. The maximum absolute atomic E-state index is 10.6. The predicted molar refractivity (Wildman–Crippen MR) is 71.4 cm³/mol. The van der Waals surface area contributed by atoms with E-state index >= 15 is 0 Å². The lowest BCUT2D eigenvalue weighted by atomic mass is 10.1. The van der Waals surface area contributed by atoms with Gasteiger partial charge in [-0.2, -0.15) is 0 Å². The number of nitrogens with zero attached hydrogens (tertiary/aromatic N) is 2. The molecule has 98 valence electrons. The molecule has 0 unspecified atom stereocenters. The fourth-order valence-electron chi connectivity index (χ4n) is 1.80. The summed E-state index contributed by atoms with van der Waals surface area (Å²) in [6, 6.07) is 7.24. The molecule has 5 nitrogen and oxygen atoms in total. The number of nitrogens with two attached hydrogens (primary N) is 1. The maximum atomic E-state index is 10.6. The molecule has 0 spiro atoms. The zero-order chi connectivity index (χ0) is 13.8. The summed E-state index contributed by atoms with van der Waals surface area (Å²) in [5.41, 5.74) is 8.43. The first-order valence-electron chi connectivity index (χ1n) is 5.93. The number of benzene rings is 1. The van der Waals surface area contributed by atoms with Crippen LogP contribution in [-0.2, 0) is 4.79 Å². The second-order valence-corrected chi connectivity index (χ2v) is 4.36. The predicted octanol–water partition coefficient (Wildman–Crippen LogP) is 1.93. The van der Waals surface area contributed by atoms with E-state index in [0.717, 1.165) is 11.1 Å². The van der Waals surface area contributed by atoms with E-state index in [1.54, 1.807) is 12.4 Å². The standard InChI is InChI=1S/C14H15N3O2/c1-9-4-2-3-5-11(9)14-16-7-10(8-17-14)12(15)6-13(18)19/h2-5,7-8,12H,6,15H2,1H3,(H,18,19)/t12-/m0/s1. The van der Waals surface area contributed by atoms with Crippen LogP contribution in [0.25, 0.3) is 11.4 Å². The number of hydrogen-bond donors (Lipinski definition) is 2. The minimum absolute atomic E-state index is 0.132. The van der Waals surface area contributed by atoms with Gasteiger partial charge in [0.15, 0.2) is 5.82 Å². The van der Waals surface area contributed by atoms with Crippen molar-refractivity contribution < 1.29 is 9.90 Å². The molecule has 2 rings (SSSR count). The van der Waals surface area contributed by atoms with Crippen LogP contribution in [0, 0.1) is 6.92 Å². The molecule has 5 heteroatoms. The summed E-state index contributed by atoms with van der Waals surface area (Å²) < 4.78 is 0. The molecule has 0 amide bonds. The molecule has 0 aliphatic heterocycles. The highest BCUT2D eigenvalue weighted by molar-refractivity contribution is 5.67. The second-order valence-electron chi connectivity index (χ2n) is 4.36. The summed E-state index contributed by atoms with van der Waals surface area (Å²) in [4.78, 5) is 19.1. The molecule has 1 aromatic carbocycles. The van der Waals surface area contributed by atoms with Crippen molar-refractivity contribution in [3.63, 3.8) is 0 Å². The highest BCUT2D eigenvalue weighted by Crippen LogP contribution is 2.20. The zero-order valence-corrected chi connectivity index (χ0v) is 10.6. The van der Waals surface area contributed by atoms with Crippen LogP contribution >= 0.6 is 0 Å². The Labute approximate surface area is 111 Å². The molecule has 1 heterocycles. The van der Waals surface area contributed by atoms with Gasteiger partial charge in [-0.05, 0) is 12.5 Å². The molecule has 2 aromatic rings. The number of rotatable bonds is 4. The van der Waals surface area contributed by atoms with E-state index in [1.807, 2.05) is 31.2 Å². The first-order valence-corrected chi connectivity index (χ1v) is 5.93. The van der Waals surface area contributed by atoms with Crippen molar-refractivity contribution in [2.45, 2.75) is 19.4 Å². The third-order valence-corrected chi connectivity index (χ3v) is 2.88. The van der Waals surface area contributed by atoms with E-state index in [1.165, 1.54) is 0 Å². The van der Waals surface area contributed by atoms with Gasteiger partial charge >= 0.3 is 5.97 Å². The van der Waals surface area contributed by atoms with E-state index in [9.17, 15) is 4.79 Å². The first kappa shape index (κ1) is 13.2. The van der Waals surface area contributed by atoms with Gasteiger partial charge in [-0.3, -0.25) is 4.79 Å². The lowest BCUT2D eigenvalue weighted by Crippen LogP contribution is -2.15. The highest BCUT2D eigenvalue weighted by atomic mass is 16.4. The van der Waals surface area contributed by atoms with Crippen LogP contribution in [0.1, 0.15) is 23.6 Å². The quantitative estimate of drug-likeness (QED) is 0.873. The van der Waals surface area contributed by atoms with Gasteiger partial charge in [0, 0.05) is 29.6 Å². The van der Waals surface area contributed by atoms with Gasteiger partial charge in [0.05, 0.1) is 6.42 Å². The Balaban J connectivity index is 2.24. The van der Waals surface area contributed by atoms with Crippen molar-refractivity contribution in [3.8, 4) is 11.4 Å². The van der Waals surface area contributed by atoms with Gasteiger partial charge in [0.1, 0.15) is 0 Å². The van der Waals surface area contributed by atoms with Crippen LogP contribution in [-0.4, -0.2) is 21.0 Å². The molecule has 1 atom stereocenters. The topological polar surface area (TPSA) is 89.1 Å². The van der Waals surface area contributed by atoms with Gasteiger partial charge in [-0.1, -0.05) is 24.3 Å². The van der Waals surface area contributed by atoms with Gasteiger partial charge in [-0.15, -0.1) is 0 Å². The van der Waals surface area contributed by atoms with Crippen molar-refractivity contribution in [2.75, 3.05) is 0 Å². The van der Waals surface area contributed by atoms with Crippen LogP contribution in [0.5, 0.6) is 0 Å². The minimum Gasteiger partial charge on any atom is -0.481 e. The van der Waals surface area contributed by atoms with Crippen LogP contribution in [0.15, 0.2) is 36.7 Å². The normalized spacial score (nSPS) is 12.1. The summed E-state index contributed by atoms with van der Waals surface area (Å²) >= 11 is 0. The molecule has 0 aliphatic rings. The Morgan fingerprint density at radius 2 is 1.95 bits per heavy atom. The smallest absolute Gasteiger partial charge is 0.305 e. The molecule has 0 saturated carbocycles. The molecule has 0 saturated heterocycles. The number of carboxylic acids is 1. The number of hydrogen-bond acceptors (Lipinski definition) is 4. The molecule has 19 heavy (non-hydrogen) atoms. The van der Waals surface area contributed by atoms with Crippen LogP contribution in [0.4, 0.5) is 0 Å². The monoisotopic (exact) mass is 257 g/mol. The van der Waals surface area contributed by atoms with Gasteiger partial charge < -0.3 is 10.8 Å². The molecule has 0 bridgehead atoms. The number of carbonyl (C=O) groups is 1. The minimum atomic E-state index is -0.935. The fourth-order valence-corrected chi connectivity index (χ4v) is 1.80. The molecular formula is C14H15N3O2. The Kier molecular flexibility index (Phi) is 3.87. The molecule has 0 aliphatic carbocycles.